The molecule has 1 aromatic heterocycles. The van der Waals surface area contributed by atoms with Crippen LogP contribution in [0.5, 0.6) is 0 Å². The van der Waals surface area contributed by atoms with Crippen LogP contribution >= 0.6 is 0 Å². The summed E-state index contributed by atoms with van der Waals surface area (Å²) in [6, 6.07) is 1.67. The van der Waals surface area contributed by atoms with E-state index in [9.17, 15) is 8.42 Å². The number of nitrogens with zero attached hydrogens (tertiary/aromatic N) is 1. The Bertz CT molecular complexity index is 535. The number of nitrogens with one attached hydrogen (secondary N) is 3. The summed E-state index contributed by atoms with van der Waals surface area (Å²) in [6.07, 6.45) is 1.54. The molecular weight excluding hydrogens is 288 g/mol. The molecule has 0 spiro atoms. The highest BCUT2D eigenvalue weighted by Crippen LogP contribution is 2.17. The van der Waals surface area contributed by atoms with Crippen LogP contribution in [0.3, 0.4) is 0 Å². The number of sulfonamides is 1. The van der Waals surface area contributed by atoms with Gasteiger partial charge in [-0.1, -0.05) is 20.8 Å². The topological polar surface area (TPSA) is 77.2 Å². The first-order valence-corrected chi connectivity index (χ1v) is 8.67. The van der Waals surface area contributed by atoms with E-state index in [1.54, 1.807) is 6.07 Å². The lowest BCUT2D eigenvalue weighted by molar-refractivity contribution is 0.242. The first kappa shape index (κ1) is 18.2. The smallest absolute Gasteiger partial charge is 0.242 e. The van der Waals surface area contributed by atoms with Gasteiger partial charge < -0.3 is 15.2 Å². The Morgan fingerprint density at radius 1 is 1.33 bits per heavy atom. The molecule has 0 radical (unpaired) electrons. The highest BCUT2D eigenvalue weighted by atomic mass is 32.2. The number of hydrogen-bond acceptors (Lipinski definition) is 4. The minimum absolute atomic E-state index is 0.126. The van der Waals surface area contributed by atoms with Crippen LogP contribution < -0.4 is 10.0 Å². The highest BCUT2D eigenvalue weighted by molar-refractivity contribution is 7.89. The molecule has 0 aliphatic heterocycles. The van der Waals surface area contributed by atoms with Crippen molar-refractivity contribution < 1.29 is 8.42 Å². The van der Waals surface area contributed by atoms with Crippen molar-refractivity contribution in [3.8, 4) is 0 Å². The third-order valence-corrected chi connectivity index (χ3v) is 4.46. The molecule has 21 heavy (non-hydrogen) atoms. The van der Waals surface area contributed by atoms with Crippen molar-refractivity contribution >= 4 is 10.0 Å². The van der Waals surface area contributed by atoms with Crippen molar-refractivity contribution in [2.24, 2.45) is 5.41 Å². The lowest BCUT2D eigenvalue weighted by atomic mass is 9.93. The Kier molecular flexibility index (Phi) is 6.40. The molecule has 122 valence electrons. The van der Waals surface area contributed by atoms with Gasteiger partial charge in [0.25, 0.3) is 0 Å². The van der Waals surface area contributed by atoms with E-state index in [1.165, 1.54) is 6.20 Å². The quantitative estimate of drug-likeness (QED) is 0.635. The molecule has 0 amide bonds. The zero-order chi connectivity index (χ0) is 16.1. The monoisotopic (exact) mass is 316 g/mol. The number of H-pyrrole nitrogens is 1. The molecular formula is C14H28N4O2S. The van der Waals surface area contributed by atoms with E-state index in [0.29, 0.717) is 13.1 Å². The van der Waals surface area contributed by atoms with Crippen LogP contribution in [0, 0.1) is 5.41 Å². The van der Waals surface area contributed by atoms with E-state index in [4.69, 9.17) is 0 Å². The zero-order valence-corrected chi connectivity index (χ0v) is 14.5. The summed E-state index contributed by atoms with van der Waals surface area (Å²) in [6.45, 7) is 8.80. The van der Waals surface area contributed by atoms with Crippen molar-refractivity contribution in [2.45, 2.75) is 32.2 Å². The number of aromatic nitrogens is 1. The molecule has 7 heteroatoms. The fraction of sp³-hybridized carbons (Fsp3) is 0.714. The molecule has 1 aromatic rings. The van der Waals surface area contributed by atoms with Crippen molar-refractivity contribution in [3.05, 3.63) is 18.0 Å². The van der Waals surface area contributed by atoms with Crippen molar-refractivity contribution in [1.82, 2.24) is 19.9 Å². The SMILES string of the molecule is CCNCc1cc(S(=O)(=O)NCC(C)(C)CN(C)C)c[nH]1. The highest BCUT2D eigenvalue weighted by Gasteiger charge is 2.23. The lowest BCUT2D eigenvalue weighted by Gasteiger charge is -2.28. The molecule has 6 nitrogen and oxygen atoms in total. The van der Waals surface area contributed by atoms with Crippen LogP contribution in [-0.2, 0) is 16.6 Å². The molecule has 0 fully saturated rings. The Balaban J connectivity index is 2.67. The fourth-order valence-corrected chi connectivity index (χ4v) is 3.48. The van der Waals surface area contributed by atoms with E-state index in [2.05, 4.69) is 19.9 Å². The molecule has 1 rings (SSSR count). The minimum atomic E-state index is -3.46. The van der Waals surface area contributed by atoms with Gasteiger partial charge in [0, 0.05) is 31.5 Å². The van der Waals surface area contributed by atoms with Crippen LogP contribution in [0.2, 0.25) is 0 Å². The number of aromatic amines is 1. The Hall–Kier alpha value is -0.890. The van der Waals surface area contributed by atoms with Crippen molar-refractivity contribution in [1.29, 1.82) is 0 Å². The normalized spacial score (nSPS) is 13.0. The fourth-order valence-electron chi connectivity index (χ4n) is 2.22. The average Bonchev–Trinajstić information content (AvgIpc) is 2.82. The second-order valence-corrected chi connectivity index (χ2v) is 8.13. The van der Waals surface area contributed by atoms with E-state index >= 15 is 0 Å². The third-order valence-electron chi connectivity index (χ3n) is 3.08. The van der Waals surface area contributed by atoms with Gasteiger partial charge in [-0.2, -0.15) is 0 Å². The average molecular weight is 316 g/mol. The van der Waals surface area contributed by atoms with Crippen LogP contribution in [0.25, 0.3) is 0 Å². The predicted molar refractivity (Wildman–Crippen MR) is 85.7 cm³/mol. The zero-order valence-electron chi connectivity index (χ0n) is 13.7. The molecule has 0 aromatic carbocycles. The second kappa shape index (κ2) is 7.40. The molecule has 0 aliphatic carbocycles. The summed E-state index contributed by atoms with van der Waals surface area (Å²) in [5.41, 5.74) is 0.740. The molecule has 0 saturated carbocycles. The molecule has 0 saturated heterocycles. The third kappa shape index (κ3) is 6.17. The van der Waals surface area contributed by atoms with E-state index in [0.717, 1.165) is 18.8 Å². The van der Waals surface area contributed by atoms with Crippen molar-refractivity contribution in [3.63, 3.8) is 0 Å². The van der Waals surface area contributed by atoms with Gasteiger partial charge in [0.15, 0.2) is 0 Å². The maximum Gasteiger partial charge on any atom is 0.242 e. The lowest BCUT2D eigenvalue weighted by Crippen LogP contribution is -2.39. The van der Waals surface area contributed by atoms with Gasteiger partial charge in [0.2, 0.25) is 10.0 Å². The van der Waals surface area contributed by atoms with Gasteiger partial charge in [0.05, 0.1) is 4.90 Å². The molecule has 0 bridgehead atoms. The standard InChI is InChI=1S/C14H28N4O2S/c1-6-15-8-12-7-13(9-16-12)21(19,20)17-10-14(2,3)11-18(4)5/h7,9,15-17H,6,8,10-11H2,1-5H3. The Labute approximate surface area is 128 Å². The molecule has 1 heterocycles. The predicted octanol–water partition coefficient (Wildman–Crippen LogP) is 0.990. The Morgan fingerprint density at radius 3 is 2.57 bits per heavy atom. The van der Waals surface area contributed by atoms with Gasteiger partial charge >= 0.3 is 0 Å². The maximum atomic E-state index is 12.3. The summed E-state index contributed by atoms with van der Waals surface area (Å²) < 4.78 is 27.3. The molecule has 0 atom stereocenters. The maximum absolute atomic E-state index is 12.3. The van der Waals surface area contributed by atoms with E-state index < -0.39 is 10.0 Å². The number of hydrogen-bond donors (Lipinski definition) is 3. The molecule has 0 unspecified atom stereocenters. The summed E-state index contributed by atoms with van der Waals surface area (Å²) in [5.74, 6) is 0. The van der Waals surface area contributed by atoms with Crippen LogP contribution in [0.4, 0.5) is 0 Å². The number of rotatable bonds is 9. The van der Waals surface area contributed by atoms with Gasteiger partial charge in [0.1, 0.15) is 0 Å². The first-order valence-electron chi connectivity index (χ1n) is 7.19. The summed E-state index contributed by atoms with van der Waals surface area (Å²) in [4.78, 5) is 5.33. The molecule has 3 N–H and O–H groups in total. The van der Waals surface area contributed by atoms with Gasteiger partial charge in [-0.25, -0.2) is 13.1 Å². The van der Waals surface area contributed by atoms with Gasteiger partial charge in [-0.15, -0.1) is 0 Å². The largest absolute Gasteiger partial charge is 0.363 e. The summed E-state index contributed by atoms with van der Waals surface area (Å²) in [7, 11) is 0.502. The second-order valence-electron chi connectivity index (χ2n) is 6.37. The van der Waals surface area contributed by atoms with Crippen LogP contribution in [0.1, 0.15) is 26.5 Å². The Morgan fingerprint density at radius 2 is 2.00 bits per heavy atom. The molecule has 0 aliphatic rings. The van der Waals surface area contributed by atoms with E-state index in [1.807, 2.05) is 34.9 Å². The minimum Gasteiger partial charge on any atom is -0.363 e. The first-order chi connectivity index (χ1) is 9.66. The van der Waals surface area contributed by atoms with Crippen molar-refractivity contribution in [2.75, 3.05) is 33.7 Å². The van der Waals surface area contributed by atoms with Crippen LogP contribution in [-0.4, -0.2) is 52.0 Å². The van der Waals surface area contributed by atoms with Crippen LogP contribution in [0.15, 0.2) is 17.2 Å². The van der Waals surface area contributed by atoms with Gasteiger partial charge in [-0.3, -0.25) is 0 Å². The van der Waals surface area contributed by atoms with Gasteiger partial charge in [-0.05, 0) is 32.1 Å². The summed E-state index contributed by atoms with van der Waals surface area (Å²) >= 11 is 0. The summed E-state index contributed by atoms with van der Waals surface area (Å²) in [5, 5.41) is 3.16. The van der Waals surface area contributed by atoms with E-state index in [-0.39, 0.29) is 10.3 Å².